The molecule has 106 valence electrons. The molecular weight excluding hydrogens is 245 g/mol. The third-order valence-electron chi connectivity index (χ3n) is 3.01. The zero-order valence-electron chi connectivity index (χ0n) is 10.8. The number of amides is 2. The van der Waals surface area contributed by atoms with E-state index in [0.717, 1.165) is 30.6 Å². The lowest BCUT2D eigenvalue weighted by Gasteiger charge is -2.30. The molecule has 1 saturated heterocycles. The minimum atomic E-state index is -4.32. The first-order valence-corrected chi connectivity index (χ1v) is 6.54. The second-order valence-corrected chi connectivity index (χ2v) is 4.72. The molecule has 0 aromatic heterocycles. The van der Waals surface area contributed by atoms with Crippen molar-refractivity contribution in [1.82, 2.24) is 9.80 Å². The number of alkyl halides is 3. The van der Waals surface area contributed by atoms with Gasteiger partial charge in [-0.15, -0.1) is 0 Å². The molecule has 2 amide bonds. The number of likely N-dealkylation sites (tertiary alicyclic amines) is 1. The first-order chi connectivity index (χ1) is 8.44. The molecule has 1 heterocycles. The Balaban J connectivity index is 2.62. The van der Waals surface area contributed by atoms with Crippen LogP contribution < -0.4 is 0 Å². The van der Waals surface area contributed by atoms with Crippen molar-refractivity contribution in [3.05, 3.63) is 0 Å². The Kier molecular flexibility index (Phi) is 5.75. The summed E-state index contributed by atoms with van der Waals surface area (Å²) in [5, 5.41) is 0. The number of urea groups is 1. The van der Waals surface area contributed by atoms with Gasteiger partial charge < -0.3 is 9.80 Å². The maximum Gasteiger partial charge on any atom is 0.406 e. The topological polar surface area (TPSA) is 23.6 Å². The van der Waals surface area contributed by atoms with Gasteiger partial charge in [-0.1, -0.05) is 19.8 Å². The lowest BCUT2D eigenvalue weighted by molar-refractivity contribution is -0.141. The molecule has 1 aliphatic rings. The molecule has 1 aliphatic heterocycles. The van der Waals surface area contributed by atoms with E-state index in [4.69, 9.17) is 0 Å². The van der Waals surface area contributed by atoms with Crippen molar-refractivity contribution in [2.45, 2.75) is 45.2 Å². The molecule has 6 heteroatoms. The average Bonchev–Trinajstić information content (AvgIpc) is 2.54. The van der Waals surface area contributed by atoms with Crippen LogP contribution in [0.3, 0.4) is 0 Å². The summed E-state index contributed by atoms with van der Waals surface area (Å²) in [5.41, 5.74) is 0. The lowest BCUT2D eigenvalue weighted by Crippen LogP contribution is -2.47. The van der Waals surface area contributed by atoms with Gasteiger partial charge in [-0.2, -0.15) is 13.2 Å². The Morgan fingerprint density at radius 1 is 1.17 bits per heavy atom. The van der Waals surface area contributed by atoms with Gasteiger partial charge in [-0.3, -0.25) is 0 Å². The summed E-state index contributed by atoms with van der Waals surface area (Å²) in [7, 11) is 0. The number of hydrogen-bond donors (Lipinski definition) is 0. The Morgan fingerprint density at radius 3 is 2.17 bits per heavy atom. The zero-order valence-corrected chi connectivity index (χ0v) is 10.8. The van der Waals surface area contributed by atoms with Gasteiger partial charge in [0.25, 0.3) is 0 Å². The Hall–Kier alpha value is -0.940. The Morgan fingerprint density at radius 2 is 1.72 bits per heavy atom. The number of halogens is 3. The second-order valence-electron chi connectivity index (χ2n) is 4.72. The number of carbonyl (C=O) groups is 1. The molecule has 18 heavy (non-hydrogen) atoms. The maximum atomic E-state index is 12.4. The highest BCUT2D eigenvalue weighted by Gasteiger charge is 2.34. The summed E-state index contributed by atoms with van der Waals surface area (Å²) >= 11 is 0. The first-order valence-electron chi connectivity index (χ1n) is 6.54. The van der Waals surface area contributed by atoms with E-state index in [1.165, 1.54) is 0 Å². The van der Waals surface area contributed by atoms with Gasteiger partial charge in [-0.05, 0) is 19.3 Å². The lowest BCUT2D eigenvalue weighted by atomic mass is 10.2. The fraction of sp³-hybridized carbons (Fsp3) is 0.917. The molecule has 0 aromatic rings. The molecule has 0 radical (unpaired) electrons. The molecule has 0 spiro atoms. The van der Waals surface area contributed by atoms with Crippen LogP contribution in [0, 0.1) is 0 Å². The third-order valence-corrected chi connectivity index (χ3v) is 3.01. The Bertz CT molecular complexity index is 261. The first kappa shape index (κ1) is 15.1. The summed E-state index contributed by atoms with van der Waals surface area (Å²) in [6, 6.07) is -0.462. The van der Waals surface area contributed by atoms with Crippen LogP contribution in [0.15, 0.2) is 0 Å². The van der Waals surface area contributed by atoms with Gasteiger partial charge in [0.1, 0.15) is 6.54 Å². The highest BCUT2D eigenvalue weighted by atomic mass is 19.4. The molecule has 3 nitrogen and oxygen atoms in total. The highest BCUT2D eigenvalue weighted by molar-refractivity contribution is 5.74. The molecule has 0 N–H and O–H groups in total. The predicted molar refractivity (Wildman–Crippen MR) is 63.4 cm³/mol. The van der Waals surface area contributed by atoms with Crippen molar-refractivity contribution in [3.63, 3.8) is 0 Å². The van der Waals surface area contributed by atoms with Gasteiger partial charge in [0.15, 0.2) is 0 Å². The fourth-order valence-corrected chi connectivity index (χ4v) is 2.19. The van der Waals surface area contributed by atoms with Crippen LogP contribution >= 0.6 is 0 Å². The number of hydrogen-bond acceptors (Lipinski definition) is 1. The van der Waals surface area contributed by atoms with Gasteiger partial charge >= 0.3 is 12.2 Å². The van der Waals surface area contributed by atoms with Crippen molar-refractivity contribution in [1.29, 1.82) is 0 Å². The van der Waals surface area contributed by atoms with Crippen molar-refractivity contribution < 1.29 is 18.0 Å². The van der Waals surface area contributed by atoms with E-state index in [9.17, 15) is 18.0 Å². The molecule has 0 saturated carbocycles. The van der Waals surface area contributed by atoms with Crippen LogP contribution in [0.4, 0.5) is 18.0 Å². The minimum Gasteiger partial charge on any atom is -0.325 e. The molecule has 1 fully saturated rings. The van der Waals surface area contributed by atoms with E-state index >= 15 is 0 Å². The standard InChI is InChI=1S/C12H21F3N2O/c1-2-7-17(10-12(13,14)15)11(18)16-8-5-3-4-6-9-16/h2-10H2,1H3. The van der Waals surface area contributed by atoms with Crippen LogP contribution in [0.5, 0.6) is 0 Å². The molecule has 0 unspecified atom stereocenters. The molecular formula is C12H21F3N2O. The highest BCUT2D eigenvalue weighted by Crippen LogP contribution is 2.19. The van der Waals surface area contributed by atoms with Crippen LogP contribution in [0.1, 0.15) is 39.0 Å². The quantitative estimate of drug-likeness (QED) is 0.769. The number of rotatable bonds is 3. The van der Waals surface area contributed by atoms with Crippen LogP contribution in [0.2, 0.25) is 0 Å². The monoisotopic (exact) mass is 266 g/mol. The summed E-state index contributed by atoms with van der Waals surface area (Å²) in [5.74, 6) is 0. The molecule has 0 aromatic carbocycles. The van der Waals surface area contributed by atoms with E-state index in [1.54, 1.807) is 11.8 Å². The van der Waals surface area contributed by atoms with Crippen molar-refractivity contribution in [3.8, 4) is 0 Å². The fourth-order valence-electron chi connectivity index (χ4n) is 2.19. The number of carbonyl (C=O) groups excluding carboxylic acids is 1. The second kappa shape index (κ2) is 6.85. The van der Waals surface area contributed by atoms with Crippen molar-refractivity contribution in [2.24, 2.45) is 0 Å². The summed E-state index contributed by atoms with van der Waals surface area (Å²) < 4.78 is 37.3. The van der Waals surface area contributed by atoms with Gasteiger partial charge in [0.2, 0.25) is 0 Å². The van der Waals surface area contributed by atoms with Crippen LogP contribution in [-0.2, 0) is 0 Å². The van der Waals surface area contributed by atoms with E-state index in [0.29, 0.717) is 19.5 Å². The van der Waals surface area contributed by atoms with E-state index in [2.05, 4.69) is 0 Å². The smallest absolute Gasteiger partial charge is 0.325 e. The van der Waals surface area contributed by atoms with Gasteiger partial charge in [0.05, 0.1) is 0 Å². The van der Waals surface area contributed by atoms with Gasteiger partial charge in [0, 0.05) is 19.6 Å². The normalized spacial score (nSPS) is 17.4. The van der Waals surface area contributed by atoms with Crippen LogP contribution in [0.25, 0.3) is 0 Å². The summed E-state index contributed by atoms with van der Waals surface area (Å²) in [6.07, 6.45) is 0.0927. The van der Waals surface area contributed by atoms with Crippen molar-refractivity contribution in [2.75, 3.05) is 26.2 Å². The number of nitrogens with zero attached hydrogens (tertiary/aromatic N) is 2. The average molecular weight is 266 g/mol. The van der Waals surface area contributed by atoms with E-state index in [1.807, 2.05) is 0 Å². The SMILES string of the molecule is CCCN(CC(F)(F)F)C(=O)N1CCCCCC1. The van der Waals surface area contributed by atoms with E-state index in [-0.39, 0.29) is 6.54 Å². The molecule has 0 bridgehead atoms. The summed E-state index contributed by atoms with van der Waals surface area (Å²) in [4.78, 5) is 14.6. The van der Waals surface area contributed by atoms with Crippen molar-refractivity contribution >= 4 is 6.03 Å². The Labute approximate surface area is 106 Å². The maximum absolute atomic E-state index is 12.4. The van der Waals surface area contributed by atoms with Gasteiger partial charge in [-0.25, -0.2) is 4.79 Å². The molecule has 0 aliphatic carbocycles. The summed E-state index contributed by atoms with van der Waals surface area (Å²) in [6.45, 7) is 1.96. The zero-order chi connectivity index (χ0) is 13.6. The largest absolute Gasteiger partial charge is 0.406 e. The van der Waals surface area contributed by atoms with E-state index < -0.39 is 18.8 Å². The molecule has 1 rings (SSSR count). The minimum absolute atomic E-state index is 0.162. The van der Waals surface area contributed by atoms with Crippen LogP contribution in [-0.4, -0.2) is 48.2 Å². The third kappa shape index (κ3) is 5.14. The predicted octanol–water partition coefficient (Wildman–Crippen LogP) is 3.26. The molecule has 0 atom stereocenters.